The predicted molar refractivity (Wildman–Crippen MR) is 96.9 cm³/mol. The van der Waals surface area contributed by atoms with Gasteiger partial charge in [-0.1, -0.05) is 5.16 Å². The summed E-state index contributed by atoms with van der Waals surface area (Å²) in [4.78, 5) is 4.36. The van der Waals surface area contributed by atoms with Crippen molar-refractivity contribution >= 4 is 0 Å². The maximum atomic E-state index is 5.69. The van der Waals surface area contributed by atoms with Crippen LogP contribution in [0, 0.1) is 0 Å². The molecule has 0 radical (unpaired) electrons. The van der Waals surface area contributed by atoms with Crippen molar-refractivity contribution in [2.24, 2.45) is 0 Å². The second kappa shape index (κ2) is 7.78. The summed E-state index contributed by atoms with van der Waals surface area (Å²) in [5.41, 5.74) is 1.50. The molecule has 0 aliphatic heterocycles. The minimum atomic E-state index is 0.130. The summed E-state index contributed by atoms with van der Waals surface area (Å²) in [5.74, 6) is 3.10. The molecule has 0 atom stereocenters. The van der Waals surface area contributed by atoms with Crippen LogP contribution in [-0.4, -0.2) is 34.6 Å². The number of ether oxygens (including phenoxy) is 3. The number of rotatable bonds is 7. The zero-order valence-corrected chi connectivity index (χ0v) is 15.2. The second-order valence-electron chi connectivity index (χ2n) is 5.63. The van der Waals surface area contributed by atoms with E-state index >= 15 is 0 Å². The molecule has 0 unspecified atom stereocenters. The number of hydrogen-bond acceptors (Lipinski definition) is 9. The van der Waals surface area contributed by atoms with Gasteiger partial charge in [0.2, 0.25) is 18.1 Å². The number of benzene rings is 2. The van der Waals surface area contributed by atoms with Crippen LogP contribution >= 0.6 is 0 Å². The van der Waals surface area contributed by atoms with Crippen LogP contribution in [0.4, 0.5) is 0 Å². The van der Waals surface area contributed by atoms with Gasteiger partial charge in [-0.2, -0.15) is 4.98 Å². The Kier molecular flexibility index (Phi) is 4.87. The van der Waals surface area contributed by atoms with E-state index < -0.39 is 0 Å². The van der Waals surface area contributed by atoms with Crippen LogP contribution in [0.5, 0.6) is 17.2 Å². The lowest BCUT2D eigenvalue weighted by Crippen LogP contribution is -1.96. The van der Waals surface area contributed by atoms with Gasteiger partial charge in [0.05, 0.1) is 19.8 Å². The SMILES string of the molecule is COc1ccc(-c2noc(COc3ccc(-c4nnco4)cc3)n2)c(OC)c1. The summed E-state index contributed by atoms with van der Waals surface area (Å²) in [5, 5.41) is 11.5. The standard InChI is InChI=1S/C19H16N4O5/c1-24-14-7-8-15(16(9-14)25-2)18-21-17(28-23-18)10-26-13-5-3-12(4-6-13)19-22-20-11-27-19/h3-9,11H,10H2,1-2H3. The molecule has 2 heterocycles. The highest BCUT2D eigenvalue weighted by Gasteiger charge is 2.15. The first-order valence-electron chi connectivity index (χ1n) is 8.31. The molecular formula is C19H16N4O5. The van der Waals surface area contributed by atoms with Gasteiger partial charge < -0.3 is 23.2 Å². The first-order chi connectivity index (χ1) is 13.8. The van der Waals surface area contributed by atoms with Crippen molar-refractivity contribution < 1.29 is 23.2 Å². The Morgan fingerprint density at radius 1 is 0.964 bits per heavy atom. The average Bonchev–Trinajstić information content (AvgIpc) is 3.44. The van der Waals surface area contributed by atoms with Crippen LogP contribution in [0.2, 0.25) is 0 Å². The number of hydrogen-bond donors (Lipinski definition) is 0. The molecule has 4 aromatic rings. The van der Waals surface area contributed by atoms with Crippen molar-refractivity contribution in [1.29, 1.82) is 0 Å². The van der Waals surface area contributed by atoms with Crippen molar-refractivity contribution in [2.45, 2.75) is 6.61 Å². The maximum Gasteiger partial charge on any atom is 0.264 e. The van der Waals surface area contributed by atoms with Crippen LogP contribution in [0.15, 0.2) is 57.8 Å². The second-order valence-corrected chi connectivity index (χ2v) is 5.63. The van der Waals surface area contributed by atoms with E-state index in [1.165, 1.54) is 6.39 Å². The molecule has 0 bridgehead atoms. The lowest BCUT2D eigenvalue weighted by Gasteiger charge is -2.07. The first kappa shape index (κ1) is 17.5. The zero-order valence-electron chi connectivity index (χ0n) is 15.2. The average molecular weight is 380 g/mol. The minimum Gasteiger partial charge on any atom is -0.497 e. The van der Waals surface area contributed by atoms with Crippen LogP contribution in [-0.2, 0) is 6.61 Å². The molecule has 0 saturated carbocycles. The largest absolute Gasteiger partial charge is 0.497 e. The van der Waals surface area contributed by atoms with Crippen molar-refractivity contribution in [2.75, 3.05) is 14.2 Å². The molecule has 0 aliphatic rings. The molecule has 0 N–H and O–H groups in total. The molecule has 2 aromatic heterocycles. The van der Waals surface area contributed by atoms with E-state index in [0.717, 1.165) is 5.56 Å². The van der Waals surface area contributed by atoms with Gasteiger partial charge in [-0.15, -0.1) is 10.2 Å². The molecule has 0 saturated heterocycles. The molecule has 0 amide bonds. The molecule has 9 heteroatoms. The zero-order chi connectivity index (χ0) is 19.3. The van der Waals surface area contributed by atoms with Gasteiger partial charge in [0.15, 0.2) is 6.61 Å². The fourth-order valence-electron chi connectivity index (χ4n) is 2.54. The number of aromatic nitrogens is 4. The molecule has 142 valence electrons. The molecule has 0 aliphatic carbocycles. The third-order valence-corrected chi connectivity index (χ3v) is 3.94. The van der Waals surface area contributed by atoms with E-state index in [-0.39, 0.29) is 6.61 Å². The van der Waals surface area contributed by atoms with E-state index in [4.69, 9.17) is 23.2 Å². The van der Waals surface area contributed by atoms with Crippen molar-refractivity contribution in [3.63, 3.8) is 0 Å². The van der Waals surface area contributed by atoms with Gasteiger partial charge in [-0.25, -0.2) is 0 Å². The van der Waals surface area contributed by atoms with Gasteiger partial charge in [-0.3, -0.25) is 0 Å². The van der Waals surface area contributed by atoms with Crippen molar-refractivity contribution in [3.8, 4) is 40.1 Å². The summed E-state index contributed by atoms with van der Waals surface area (Å²) < 4.78 is 26.7. The van der Waals surface area contributed by atoms with Crippen LogP contribution in [0.1, 0.15) is 5.89 Å². The van der Waals surface area contributed by atoms with Crippen molar-refractivity contribution in [3.05, 3.63) is 54.7 Å². The van der Waals surface area contributed by atoms with E-state index in [1.807, 2.05) is 18.2 Å². The van der Waals surface area contributed by atoms with Gasteiger partial charge in [-0.05, 0) is 36.4 Å². The highest BCUT2D eigenvalue weighted by atomic mass is 16.5. The summed E-state index contributed by atoms with van der Waals surface area (Å²) in [7, 11) is 3.16. The smallest absolute Gasteiger partial charge is 0.264 e. The fourth-order valence-corrected chi connectivity index (χ4v) is 2.54. The highest BCUT2D eigenvalue weighted by molar-refractivity contribution is 5.65. The maximum absolute atomic E-state index is 5.69. The summed E-state index contributed by atoms with van der Waals surface area (Å²) in [6, 6.07) is 12.6. The summed E-state index contributed by atoms with van der Waals surface area (Å²) in [6.45, 7) is 0.130. The van der Waals surface area contributed by atoms with E-state index in [2.05, 4.69) is 20.3 Å². The molecule has 28 heavy (non-hydrogen) atoms. The highest BCUT2D eigenvalue weighted by Crippen LogP contribution is 2.31. The van der Waals surface area contributed by atoms with Gasteiger partial charge >= 0.3 is 0 Å². The third-order valence-electron chi connectivity index (χ3n) is 3.94. The Hall–Kier alpha value is -3.88. The van der Waals surface area contributed by atoms with Gasteiger partial charge in [0, 0.05) is 11.6 Å². The quantitative estimate of drug-likeness (QED) is 0.477. The van der Waals surface area contributed by atoms with Gasteiger partial charge in [0.1, 0.15) is 17.2 Å². The third kappa shape index (κ3) is 3.63. The Morgan fingerprint density at radius 2 is 1.79 bits per heavy atom. The molecule has 9 nitrogen and oxygen atoms in total. The Morgan fingerprint density at radius 3 is 2.50 bits per heavy atom. The van der Waals surface area contributed by atoms with Gasteiger partial charge in [0.25, 0.3) is 5.89 Å². The summed E-state index contributed by atoms with van der Waals surface area (Å²) in [6.07, 6.45) is 1.28. The fraction of sp³-hybridized carbons (Fsp3) is 0.158. The van der Waals surface area contributed by atoms with E-state index in [9.17, 15) is 0 Å². The molecule has 0 spiro atoms. The predicted octanol–water partition coefficient (Wildman–Crippen LogP) is 3.38. The summed E-state index contributed by atoms with van der Waals surface area (Å²) >= 11 is 0. The molecule has 2 aromatic carbocycles. The lowest BCUT2D eigenvalue weighted by atomic mass is 10.2. The van der Waals surface area contributed by atoms with Crippen LogP contribution in [0.25, 0.3) is 22.8 Å². The van der Waals surface area contributed by atoms with E-state index in [0.29, 0.717) is 40.4 Å². The van der Waals surface area contributed by atoms with Crippen molar-refractivity contribution in [1.82, 2.24) is 20.3 Å². The van der Waals surface area contributed by atoms with E-state index in [1.54, 1.807) is 38.5 Å². The Balaban J connectivity index is 1.44. The number of methoxy groups -OCH3 is 2. The molecular weight excluding hydrogens is 364 g/mol. The van der Waals surface area contributed by atoms with Crippen LogP contribution in [0.3, 0.4) is 0 Å². The minimum absolute atomic E-state index is 0.130. The topological polar surface area (TPSA) is 106 Å². The monoisotopic (exact) mass is 380 g/mol. The molecule has 4 rings (SSSR count). The Bertz CT molecular complexity index is 1040. The number of nitrogens with zero attached hydrogens (tertiary/aromatic N) is 4. The first-order valence-corrected chi connectivity index (χ1v) is 8.31. The lowest BCUT2D eigenvalue weighted by molar-refractivity contribution is 0.243. The molecule has 0 fully saturated rings. The Labute approximate surface area is 159 Å². The normalized spacial score (nSPS) is 10.6. The van der Waals surface area contributed by atoms with Crippen LogP contribution < -0.4 is 14.2 Å².